The monoisotopic (exact) mass is 607 g/mol. The van der Waals surface area contributed by atoms with E-state index in [9.17, 15) is 4.79 Å². The van der Waals surface area contributed by atoms with Crippen LogP contribution in [0.1, 0.15) is 58.8 Å². The molecular formula is C31H57NO5Si3. The number of hydrogen-bond acceptors (Lipinski definition) is 6. The molecule has 3 saturated carbocycles. The van der Waals surface area contributed by atoms with Gasteiger partial charge >= 0.3 is 0 Å². The van der Waals surface area contributed by atoms with Gasteiger partial charge in [-0.05, 0) is 121 Å². The van der Waals surface area contributed by atoms with Crippen molar-refractivity contribution in [2.24, 2.45) is 33.7 Å². The number of oxime groups is 1. The van der Waals surface area contributed by atoms with Crippen LogP contribution in [0.15, 0.2) is 16.8 Å². The Morgan fingerprint density at radius 3 is 2.20 bits per heavy atom. The Hall–Kier alpha value is -0.589. The van der Waals surface area contributed by atoms with E-state index in [1.54, 1.807) is 7.11 Å². The quantitative estimate of drug-likeness (QED) is 0.198. The molecule has 4 aliphatic rings. The molecule has 0 aliphatic heterocycles. The Balaban J connectivity index is 1.77. The van der Waals surface area contributed by atoms with Gasteiger partial charge in [0.25, 0.3) is 0 Å². The van der Waals surface area contributed by atoms with Crippen LogP contribution in [0.3, 0.4) is 0 Å². The molecule has 0 saturated heterocycles. The first-order valence-corrected chi connectivity index (χ1v) is 25.8. The molecule has 4 rings (SSSR count). The zero-order chi connectivity index (χ0) is 29.9. The number of allylic oxidation sites excluding steroid dienone is 2. The molecule has 0 aromatic carbocycles. The van der Waals surface area contributed by atoms with Gasteiger partial charge in [0.05, 0.1) is 24.0 Å². The van der Waals surface area contributed by atoms with Gasteiger partial charge in [-0.1, -0.05) is 24.6 Å². The number of nitrogens with zero attached hydrogens (tertiary/aromatic N) is 1. The highest BCUT2D eigenvalue weighted by molar-refractivity contribution is 6.70. The molecule has 0 bridgehead atoms. The Kier molecular flexibility index (Phi) is 8.76. The third-order valence-electron chi connectivity index (χ3n) is 10.2. The van der Waals surface area contributed by atoms with E-state index < -0.39 is 30.6 Å². The van der Waals surface area contributed by atoms with Crippen LogP contribution in [0, 0.1) is 28.6 Å². The molecule has 7 atom stereocenters. The van der Waals surface area contributed by atoms with E-state index in [1.165, 1.54) is 5.57 Å². The Morgan fingerprint density at radius 2 is 1.62 bits per heavy atom. The Morgan fingerprint density at radius 1 is 0.950 bits per heavy atom. The molecule has 0 radical (unpaired) electrons. The van der Waals surface area contributed by atoms with Crippen molar-refractivity contribution >= 4 is 36.4 Å². The van der Waals surface area contributed by atoms with E-state index in [0.717, 1.165) is 44.2 Å². The predicted molar refractivity (Wildman–Crippen MR) is 171 cm³/mol. The second-order valence-corrected chi connectivity index (χ2v) is 29.9. The van der Waals surface area contributed by atoms with Gasteiger partial charge in [0.1, 0.15) is 12.9 Å². The van der Waals surface area contributed by atoms with Crippen molar-refractivity contribution in [3.05, 3.63) is 11.6 Å². The van der Waals surface area contributed by atoms with Crippen LogP contribution in [0.4, 0.5) is 0 Å². The minimum Gasteiger partial charge on any atom is -0.415 e. The van der Waals surface area contributed by atoms with Gasteiger partial charge in [0.2, 0.25) is 0 Å². The topological polar surface area (TPSA) is 66.4 Å². The van der Waals surface area contributed by atoms with Crippen LogP contribution in [0.2, 0.25) is 58.9 Å². The fourth-order valence-electron chi connectivity index (χ4n) is 8.93. The van der Waals surface area contributed by atoms with Crippen LogP contribution in [-0.4, -0.2) is 61.9 Å². The summed E-state index contributed by atoms with van der Waals surface area (Å²) in [6, 6.07) is 0. The van der Waals surface area contributed by atoms with Crippen LogP contribution >= 0.6 is 0 Å². The normalized spacial score (nSPS) is 38.4. The Bertz CT molecular complexity index is 1040. The summed E-state index contributed by atoms with van der Waals surface area (Å²) >= 11 is 0. The standard InChI is InChI=1S/C31H57NO5Si3/c1-29-17-15-23(32-34-3)19-22(29)13-14-24-25-16-18-31(37-40(10,11)12,30(25,2)20-26(33)28(24)29)27(36-39(7,8)9)21-35-38(4,5)6/h19,24-25,27-28H,13-18,20-21H2,1-12H3/b32-23-/t24-,25-,27+,28+,29-,30-,31-/m0/s1. The second kappa shape index (κ2) is 10.8. The summed E-state index contributed by atoms with van der Waals surface area (Å²) in [5, 5.41) is 4.25. The average Bonchev–Trinajstić information content (AvgIpc) is 3.06. The number of hydrogen-bond donors (Lipinski definition) is 0. The van der Waals surface area contributed by atoms with Crippen LogP contribution in [0.5, 0.6) is 0 Å². The lowest BCUT2D eigenvalue weighted by molar-refractivity contribution is -0.176. The van der Waals surface area contributed by atoms with E-state index in [0.29, 0.717) is 30.6 Å². The van der Waals surface area contributed by atoms with Gasteiger partial charge in [-0.15, -0.1) is 0 Å². The Labute approximate surface area is 247 Å². The van der Waals surface area contributed by atoms with Crippen molar-refractivity contribution < 1.29 is 22.9 Å². The van der Waals surface area contributed by atoms with E-state index in [-0.39, 0.29) is 22.9 Å². The second-order valence-electron chi connectivity index (χ2n) is 16.5. The summed E-state index contributed by atoms with van der Waals surface area (Å²) in [6.45, 7) is 25.8. The highest BCUT2D eigenvalue weighted by atomic mass is 28.4. The minimum atomic E-state index is -2.01. The fourth-order valence-corrected chi connectivity index (χ4v) is 12.3. The number of ketones is 1. The first-order chi connectivity index (χ1) is 18.2. The predicted octanol–water partition coefficient (Wildman–Crippen LogP) is 7.79. The minimum absolute atomic E-state index is 0.0759. The summed E-state index contributed by atoms with van der Waals surface area (Å²) in [7, 11) is -4.12. The third kappa shape index (κ3) is 6.07. The molecule has 0 heterocycles. The maximum Gasteiger partial charge on any atom is 0.184 e. The summed E-state index contributed by atoms with van der Waals surface area (Å²) in [6.07, 6.45) is 8.64. The smallest absolute Gasteiger partial charge is 0.184 e. The lowest BCUT2D eigenvalue weighted by atomic mass is 9.45. The van der Waals surface area contributed by atoms with Gasteiger partial charge in [-0.3, -0.25) is 4.79 Å². The molecular weight excluding hydrogens is 551 g/mol. The van der Waals surface area contributed by atoms with Crippen molar-refractivity contribution in [1.82, 2.24) is 0 Å². The molecule has 0 N–H and O–H groups in total. The van der Waals surface area contributed by atoms with E-state index in [2.05, 4.69) is 84.0 Å². The molecule has 0 amide bonds. The SMILES string of the molecule is CO/N=C1\C=C2CC[C@@H]3[C@H](C(=O)C[C@@]4(C)[C@H]3CC[C@]4(O[Si](C)(C)C)[C@@H](CO[Si](C)(C)C)O[Si](C)(C)C)[C@@]2(C)CC1. The van der Waals surface area contributed by atoms with Gasteiger partial charge in [0.15, 0.2) is 25.0 Å². The lowest BCUT2D eigenvalue weighted by Gasteiger charge is -2.61. The van der Waals surface area contributed by atoms with Crippen molar-refractivity contribution in [2.75, 3.05) is 13.7 Å². The van der Waals surface area contributed by atoms with Gasteiger partial charge in [-0.25, -0.2) is 0 Å². The third-order valence-corrected chi connectivity index (χ3v) is 13.2. The summed E-state index contributed by atoms with van der Waals surface area (Å²) in [5.74, 6) is 1.34. The van der Waals surface area contributed by atoms with Crippen molar-refractivity contribution in [3.8, 4) is 0 Å². The maximum absolute atomic E-state index is 14.5. The van der Waals surface area contributed by atoms with Crippen LogP contribution in [-0.2, 0) is 22.9 Å². The summed E-state index contributed by atoms with van der Waals surface area (Å²) in [4.78, 5) is 19.6. The van der Waals surface area contributed by atoms with E-state index in [1.807, 2.05) is 0 Å². The first-order valence-electron chi connectivity index (χ1n) is 15.6. The molecule has 0 aromatic rings. The lowest BCUT2D eigenvalue weighted by Crippen LogP contribution is -2.66. The molecule has 9 heteroatoms. The average molecular weight is 608 g/mol. The zero-order valence-electron chi connectivity index (χ0n) is 27.5. The zero-order valence-corrected chi connectivity index (χ0v) is 30.5. The first kappa shape index (κ1) is 32.3. The van der Waals surface area contributed by atoms with E-state index >= 15 is 0 Å². The molecule has 0 unspecified atom stereocenters. The number of carbonyl (C=O) groups excluding carboxylic acids is 1. The molecule has 4 aliphatic carbocycles. The number of fused-ring (bicyclic) bond motifs is 5. The molecule has 0 spiro atoms. The van der Waals surface area contributed by atoms with Gasteiger partial charge in [0, 0.05) is 17.8 Å². The maximum atomic E-state index is 14.5. The molecule has 3 fully saturated rings. The van der Waals surface area contributed by atoms with Crippen molar-refractivity contribution in [2.45, 2.75) is 129 Å². The highest BCUT2D eigenvalue weighted by Crippen LogP contribution is 2.68. The largest absolute Gasteiger partial charge is 0.415 e. The van der Waals surface area contributed by atoms with Gasteiger partial charge < -0.3 is 18.1 Å². The molecule has 40 heavy (non-hydrogen) atoms. The van der Waals surface area contributed by atoms with E-state index in [4.69, 9.17) is 18.1 Å². The molecule has 228 valence electrons. The van der Waals surface area contributed by atoms with Crippen molar-refractivity contribution in [1.29, 1.82) is 0 Å². The number of rotatable bonds is 9. The van der Waals surface area contributed by atoms with Crippen LogP contribution < -0.4 is 0 Å². The van der Waals surface area contributed by atoms with Crippen molar-refractivity contribution in [3.63, 3.8) is 0 Å². The highest BCUT2D eigenvalue weighted by Gasteiger charge is 2.70. The molecule has 6 nitrogen and oxygen atoms in total. The van der Waals surface area contributed by atoms with Crippen LogP contribution in [0.25, 0.3) is 0 Å². The number of carbonyl (C=O) groups is 1. The fraction of sp³-hybridized carbons (Fsp3) is 0.871. The van der Waals surface area contributed by atoms with Gasteiger partial charge in [-0.2, -0.15) is 0 Å². The summed E-state index contributed by atoms with van der Waals surface area (Å²) < 4.78 is 21.1. The number of Topliss-reactive ketones (excluding diaryl/α,β-unsaturated/α-hetero) is 1. The summed E-state index contributed by atoms with van der Waals surface area (Å²) in [5.41, 5.74) is 1.55. The molecule has 0 aromatic heterocycles.